The molecular weight excluding hydrogens is 278 g/mol. The Bertz CT molecular complexity index is 296. The molecule has 2 N–H and O–H groups in total. The monoisotopic (exact) mass is 305 g/mol. The molecule has 2 atom stereocenters. The first-order chi connectivity index (χ1) is 9.22. The summed E-state index contributed by atoms with van der Waals surface area (Å²) in [6.07, 6.45) is 4.88. The summed E-state index contributed by atoms with van der Waals surface area (Å²) in [5.41, 5.74) is 5.66. The molecule has 20 heavy (non-hydrogen) atoms. The lowest BCUT2D eigenvalue weighted by molar-refractivity contribution is -0.139. The predicted octanol–water partition coefficient (Wildman–Crippen LogP) is 0.859. The number of likely N-dealkylation sites (tertiary alicyclic amines) is 1. The van der Waals surface area contributed by atoms with Crippen LogP contribution in [-0.2, 0) is 9.53 Å². The topological polar surface area (TPSA) is 58.8 Å². The van der Waals surface area contributed by atoms with Crippen molar-refractivity contribution in [3.8, 4) is 0 Å². The molecule has 2 aliphatic rings. The van der Waals surface area contributed by atoms with E-state index in [0.717, 1.165) is 39.0 Å². The van der Waals surface area contributed by atoms with Gasteiger partial charge in [0.05, 0.1) is 18.8 Å². The summed E-state index contributed by atoms with van der Waals surface area (Å²) in [5.74, 6) is 0.277. The Kier molecular flexibility index (Phi) is 7.80. The van der Waals surface area contributed by atoms with Crippen LogP contribution in [0.15, 0.2) is 0 Å². The number of carbonyl (C=O) groups excluding carboxylic acids is 1. The number of ether oxygens (including phenoxy) is 1. The maximum Gasteiger partial charge on any atom is 0.239 e. The molecule has 0 bridgehead atoms. The van der Waals surface area contributed by atoms with Crippen molar-refractivity contribution in [3.63, 3.8) is 0 Å². The zero-order valence-corrected chi connectivity index (χ0v) is 13.2. The van der Waals surface area contributed by atoms with E-state index >= 15 is 0 Å². The Morgan fingerprint density at radius 2 is 1.90 bits per heavy atom. The van der Waals surface area contributed by atoms with E-state index in [4.69, 9.17) is 10.5 Å². The van der Waals surface area contributed by atoms with Crippen molar-refractivity contribution in [2.75, 3.05) is 39.3 Å². The van der Waals surface area contributed by atoms with Crippen LogP contribution in [0.4, 0.5) is 0 Å². The van der Waals surface area contributed by atoms with Crippen LogP contribution in [0.1, 0.15) is 32.6 Å². The first-order valence-corrected chi connectivity index (χ1v) is 7.57. The van der Waals surface area contributed by atoms with Crippen LogP contribution in [-0.4, -0.2) is 67.2 Å². The zero-order chi connectivity index (χ0) is 13.7. The standard InChI is InChI=1S/C14H27N3O2.ClH/c1-12(17-8-9-19-13(10-15)11-17)14(18)16-6-4-2-3-5-7-16;/h12-13H,2-11,15H2,1H3;1H. The van der Waals surface area contributed by atoms with Crippen molar-refractivity contribution < 1.29 is 9.53 Å². The zero-order valence-electron chi connectivity index (χ0n) is 12.4. The van der Waals surface area contributed by atoms with Gasteiger partial charge in [0.25, 0.3) is 0 Å². The SMILES string of the molecule is CC(C(=O)N1CCCCCC1)N1CCOC(CN)C1.Cl. The molecule has 0 radical (unpaired) electrons. The number of morpholine rings is 1. The minimum absolute atomic E-state index is 0. The molecule has 0 aromatic carbocycles. The van der Waals surface area contributed by atoms with Gasteiger partial charge in [-0.15, -0.1) is 12.4 Å². The van der Waals surface area contributed by atoms with Gasteiger partial charge in [-0.25, -0.2) is 0 Å². The van der Waals surface area contributed by atoms with E-state index in [1.165, 1.54) is 12.8 Å². The number of nitrogens with zero attached hydrogens (tertiary/aromatic N) is 2. The van der Waals surface area contributed by atoms with E-state index in [1.807, 2.05) is 11.8 Å². The molecule has 2 fully saturated rings. The fraction of sp³-hybridized carbons (Fsp3) is 0.929. The molecule has 0 aromatic rings. The molecule has 0 spiro atoms. The molecular formula is C14H28ClN3O2. The molecule has 2 rings (SSSR count). The van der Waals surface area contributed by atoms with Gasteiger partial charge in [0, 0.05) is 32.7 Å². The quantitative estimate of drug-likeness (QED) is 0.840. The van der Waals surface area contributed by atoms with E-state index < -0.39 is 0 Å². The smallest absolute Gasteiger partial charge is 0.239 e. The van der Waals surface area contributed by atoms with E-state index in [2.05, 4.69) is 4.90 Å². The highest BCUT2D eigenvalue weighted by Crippen LogP contribution is 2.14. The lowest BCUT2D eigenvalue weighted by Crippen LogP contribution is -2.54. The fourth-order valence-corrected chi connectivity index (χ4v) is 2.95. The highest BCUT2D eigenvalue weighted by molar-refractivity contribution is 5.85. The van der Waals surface area contributed by atoms with Crippen LogP contribution < -0.4 is 5.73 Å². The Hall–Kier alpha value is -0.360. The maximum atomic E-state index is 12.6. The van der Waals surface area contributed by atoms with Crippen LogP contribution in [0.2, 0.25) is 0 Å². The van der Waals surface area contributed by atoms with Crippen molar-refractivity contribution in [2.24, 2.45) is 5.73 Å². The number of halogens is 1. The number of hydrogen-bond acceptors (Lipinski definition) is 4. The van der Waals surface area contributed by atoms with Gasteiger partial charge in [0.15, 0.2) is 0 Å². The average molecular weight is 306 g/mol. The van der Waals surface area contributed by atoms with Crippen molar-refractivity contribution >= 4 is 18.3 Å². The molecule has 2 unspecified atom stereocenters. The van der Waals surface area contributed by atoms with Crippen LogP contribution >= 0.6 is 12.4 Å². The van der Waals surface area contributed by atoms with E-state index in [1.54, 1.807) is 0 Å². The first kappa shape index (κ1) is 17.7. The highest BCUT2D eigenvalue weighted by atomic mass is 35.5. The van der Waals surface area contributed by atoms with Gasteiger partial charge in [-0.2, -0.15) is 0 Å². The van der Waals surface area contributed by atoms with Gasteiger partial charge < -0.3 is 15.4 Å². The van der Waals surface area contributed by atoms with Gasteiger partial charge in [0.1, 0.15) is 0 Å². The minimum Gasteiger partial charge on any atom is -0.374 e. The summed E-state index contributed by atoms with van der Waals surface area (Å²) in [6, 6.07) is -0.0453. The molecule has 118 valence electrons. The lowest BCUT2D eigenvalue weighted by atomic mass is 10.2. The summed E-state index contributed by atoms with van der Waals surface area (Å²) >= 11 is 0. The van der Waals surface area contributed by atoms with Crippen molar-refractivity contribution in [2.45, 2.75) is 44.8 Å². The molecule has 6 heteroatoms. The molecule has 2 saturated heterocycles. The summed E-state index contributed by atoms with van der Waals surface area (Å²) < 4.78 is 5.56. The predicted molar refractivity (Wildman–Crippen MR) is 82.1 cm³/mol. The van der Waals surface area contributed by atoms with Gasteiger partial charge >= 0.3 is 0 Å². The van der Waals surface area contributed by atoms with Crippen molar-refractivity contribution in [1.82, 2.24) is 9.80 Å². The second-order valence-electron chi connectivity index (χ2n) is 5.64. The van der Waals surface area contributed by atoms with Gasteiger partial charge in [-0.05, 0) is 19.8 Å². The Morgan fingerprint density at radius 3 is 2.50 bits per heavy atom. The third kappa shape index (κ3) is 4.58. The molecule has 2 aliphatic heterocycles. The van der Waals surface area contributed by atoms with E-state index in [-0.39, 0.29) is 30.5 Å². The Labute approximate surface area is 128 Å². The number of nitrogens with two attached hydrogens (primary N) is 1. The van der Waals surface area contributed by atoms with Gasteiger partial charge in [-0.3, -0.25) is 9.69 Å². The molecule has 0 aliphatic carbocycles. The Morgan fingerprint density at radius 1 is 1.25 bits per heavy atom. The second-order valence-corrected chi connectivity index (χ2v) is 5.64. The first-order valence-electron chi connectivity index (χ1n) is 7.57. The maximum absolute atomic E-state index is 12.6. The van der Waals surface area contributed by atoms with Crippen LogP contribution in [0.5, 0.6) is 0 Å². The normalized spacial score (nSPS) is 26.5. The van der Waals surface area contributed by atoms with Crippen LogP contribution in [0, 0.1) is 0 Å². The van der Waals surface area contributed by atoms with Crippen LogP contribution in [0.3, 0.4) is 0 Å². The van der Waals surface area contributed by atoms with Gasteiger partial charge in [-0.1, -0.05) is 12.8 Å². The summed E-state index contributed by atoms with van der Waals surface area (Å²) in [5, 5.41) is 0. The summed E-state index contributed by atoms with van der Waals surface area (Å²) in [7, 11) is 0. The second kappa shape index (κ2) is 8.82. The van der Waals surface area contributed by atoms with Gasteiger partial charge in [0.2, 0.25) is 5.91 Å². The number of rotatable bonds is 3. The minimum atomic E-state index is -0.0453. The van der Waals surface area contributed by atoms with Crippen molar-refractivity contribution in [1.29, 1.82) is 0 Å². The van der Waals surface area contributed by atoms with Crippen LogP contribution in [0.25, 0.3) is 0 Å². The summed E-state index contributed by atoms with van der Waals surface area (Å²) in [4.78, 5) is 16.8. The lowest BCUT2D eigenvalue weighted by Gasteiger charge is -2.37. The highest BCUT2D eigenvalue weighted by Gasteiger charge is 2.30. The Balaban J connectivity index is 0.00000200. The van der Waals surface area contributed by atoms with E-state index in [0.29, 0.717) is 13.2 Å². The number of carbonyl (C=O) groups is 1. The third-order valence-corrected chi connectivity index (χ3v) is 4.26. The molecule has 2 heterocycles. The fourth-order valence-electron chi connectivity index (χ4n) is 2.95. The molecule has 0 saturated carbocycles. The van der Waals surface area contributed by atoms with E-state index in [9.17, 15) is 4.79 Å². The molecule has 0 aromatic heterocycles. The molecule has 5 nitrogen and oxygen atoms in total. The van der Waals surface area contributed by atoms with Crippen molar-refractivity contribution in [3.05, 3.63) is 0 Å². The third-order valence-electron chi connectivity index (χ3n) is 4.26. The molecule has 1 amide bonds. The summed E-state index contributed by atoms with van der Waals surface area (Å²) in [6.45, 7) is 6.68. The number of hydrogen-bond donors (Lipinski definition) is 1. The largest absolute Gasteiger partial charge is 0.374 e. The average Bonchev–Trinajstić information content (AvgIpc) is 2.75. The number of amides is 1.